The molecule has 0 aliphatic carbocycles. The number of benzene rings is 2. The third kappa shape index (κ3) is 5.64. The van der Waals surface area contributed by atoms with Crippen LogP contribution in [-0.2, 0) is 22.3 Å². The lowest BCUT2D eigenvalue weighted by molar-refractivity contribution is -0.137. The SMILES string of the molecule is COC(=O)c1ccc([C@H](C)NC(=O)C2CCCN2Cc2ccc(C(F)(F)F)cc2)cc1. The normalized spacial score (nSPS) is 17.9. The van der Waals surface area contributed by atoms with Gasteiger partial charge in [-0.3, -0.25) is 9.69 Å². The van der Waals surface area contributed by atoms with Gasteiger partial charge in [0.15, 0.2) is 0 Å². The molecule has 0 aromatic heterocycles. The van der Waals surface area contributed by atoms with Crippen LogP contribution in [-0.4, -0.2) is 36.5 Å². The minimum atomic E-state index is -4.36. The maximum absolute atomic E-state index is 12.9. The first kappa shape index (κ1) is 22.8. The first-order valence-corrected chi connectivity index (χ1v) is 10.1. The van der Waals surface area contributed by atoms with Gasteiger partial charge in [-0.2, -0.15) is 13.2 Å². The predicted octanol–water partition coefficient (Wildman–Crippen LogP) is 4.33. The monoisotopic (exact) mass is 434 g/mol. The Labute approximate surface area is 179 Å². The highest BCUT2D eigenvalue weighted by molar-refractivity contribution is 5.89. The van der Waals surface area contributed by atoms with Crippen LogP contribution in [0.25, 0.3) is 0 Å². The highest BCUT2D eigenvalue weighted by Gasteiger charge is 2.32. The number of likely N-dealkylation sites (tertiary alicyclic amines) is 1. The highest BCUT2D eigenvalue weighted by Crippen LogP contribution is 2.30. The van der Waals surface area contributed by atoms with Crippen LogP contribution >= 0.6 is 0 Å². The summed E-state index contributed by atoms with van der Waals surface area (Å²) in [6, 6.07) is 11.3. The molecule has 31 heavy (non-hydrogen) atoms. The van der Waals surface area contributed by atoms with E-state index in [1.807, 2.05) is 11.8 Å². The number of hydrogen-bond donors (Lipinski definition) is 1. The van der Waals surface area contributed by atoms with E-state index in [-0.39, 0.29) is 18.0 Å². The van der Waals surface area contributed by atoms with Crippen molar-refractivity contribution >= 4 is 11.9 Å². The zero-order chi connectivity index (χ0) is 22.6. The summed E-state index contributed by atoms with van der Waals surface area (Å²) in [5, 5.41) is 3.00. The van der Waals surface area contributed by atoms with E-state index in [4.69, 9.17) is 0 Å². The minimum Gasteiger partial charge on any atom is -0.465 e. The summed E-state index contributed by atoms with van der Waals surface area (Å²) >= 11 is 0. The number of methoxy groups -OCH3 is 1. The van der Waals surface area contributed by atoms with Gasteiger partial charge in [0.05, 0.1) is 30.3 Å². The lowest BCUT2D eigenvalue weighted by atomic mass is 10.1. The number of ether oxygens (including phenoxy) is 1. The molecular weight excluding hydrogens is 409 g/mol. The van der Waals surface area contributed by atoms with Crippen LogP contribution < -0.4 is 5.32 Å². The molecule has 3 rings (SSSR count). The van der Waals surface area contributed by atoms with E-state index in [0.717, 1.165) is 29.7 Å². The molecule has 1 unspecified atom stereocenters. The van der Waals surface area contributed by atoms with Crippen LogP contribution in [0.15, 0.2) is 48.5 Å². The molecule has 0 bridgehead atoms. The lowest BCUT2D eigenvalue weighted by Crippen LogP contribution is -2.43. The van der Waals surface area contributed by atoms with Crippen LogP contribution in [0.3, 0.4) is 0 Å². The second-order valence-electron chi connectivity index (χ2n) is 7.67. The van der Waals surface area contributed by atoms with Gasteiger partial charge < -0.3 is 10.1 Å². The summed E-state index contributed by atoms with van der Waals surface area (Å²) in [6.45, 7) is 2.99. The summed E-state index contributed by atoms with van der Waals surface area (Å²) in [5.41, 5.74) is 1.34. The Hall–Kier alpha value is -2.87. The number of amides is 1. The number of nitrogens with one attached hydrogen (secondary N) is 1. The van der Waals surface area contributed by atoms with Gasteiger partial charge in [0.1, 0.15) is 0 Å². The van der Waals surface area contributed by atoms with E-state index in [1.165, 1.54) is 19.2 Å². The molecule has 166 valence electrons. The van der Waals surface area contributed by atoms with Gasteiger partial charge >= 0.3 is 12.1 Å². The molecule has 0 saturated carbocycles. The van der Waals surface area contributed by atoms with Crippen molar-refractivity contribution in [2.75, 3.05) is 13.7 Å². The molecule has 1 heterocycles. The van der Waals surface area contributed by atoms with Gasteiger partial charge in [-0.05, 0) is 61.7 Å². The van der Waals surface area contributed by atoms with Crippen molar-refractivity contribution in [3.05, 3.63) is 70.8 Å². The van der Waals surface area contributed by atoms with E-state index in [0.29, 0.717) is 25.1 Å². The third-order valence-corrected chi connectivity index (χ3v) is 5.52. The van der Waals surface area contributed by atoms with Crippen molar-refractivity contribution in [2.24, 2.45) is 0 Å². The fraction of sp³-hybridized carbons (Fsp3) is 0.391. The van der Waals surface area contributed by atoms with Crippen LogP contribution in [0.2, 0.25) is 0 Å². The Bertz CT molecular complexity index is 911. The first-order chi connectivity index (χ1) is 14.7. The minimum absolute atomic E-state index is 0.117. The summed E-state index contributed by atoms with van der Waals surface area (Å²) in [6.07, 6.45) is -2.82. The van der Waals surface area contributed by atoms with Gasteiger partial charge in [-0.15, -0.1) is 0 Å². The van der Waals surface area contributed by atoms with E-state index < -0.39 is 17.7 Å². The first-order valence-electron chi connectivity index (χ1n) is 10.1. The van der Waals surface area contributed by atoms with Crippen LogP contribution in [0.1, 0.15) is 52.9 Å². The van der Waals surface area contributed by atoms with Crippen molar-refractivity contribution in [2.45, 2.75) is 44.6 Å². The zero-order valence-corrected chi connectivity index (χ0v) is 17.4. The lowest BCUT2D eigenvalue weighted by Gasteiger charge is -2.25. The summed E-state index contributed by atoms with van der Waals surface area (Å²) in [7, 11) is 1.32. The van der Waals surface area contributed by atoms with Gasteiger partial charge in [0, 0.05) is 6.54 Å². The smallest absolute Gasteiger partial charge is 0.416 e. The Morgan fingerprint density at radius 1 is 1.13 bits per heavy atom. The standard InChI is InChI=1S/C23H25F3N2O3/c1-15(17-7-9-18(10-8-17)22(30)31-2)27-21(29)20-4-3-13-28(20)14-16-5-11-19(12-6-16)23(24,25)26/h5-12,15,20H,3-4,13-14H2,1-2H3,(H,27,29)/t15-,20?/m0/s1. The van der Waals surface area contributed by atoms with Crippen LogP contribution in [0.5, 0.6) is 0 Å². The summed E-state index contributed by atoms with van der Waals surface area (Å²) in [4.78, 5) is 26.4. The molecule has 1 saturated heterocycles. The fourth-order valence-electron chi connectivity index (χ4n) is 3.76. The number of halogens is 3. The Balaban J connectivity index is 1.61. The molecule has 0 radical (unpaired) electrons. The summed E-state index contributed by atoms with van der Waals surface area (Å²) in [5.74, 6) is -0.540. The number of nitrogens with zero attached hydrogens (tertiary/aromatic N) is 1. The molecule has 1 amide bonds. The van der Waals surface area contributed by atoms with E-state index >= 15 is 0 Å². The topological polar surface area (TPSA) is 58.6 Å². The van der Waals surface area contributed by atoms with E-state index in [9.17, 15) is 22.8 Å². The molecule has 2 aromatic rings. The van der Waals surface area contributed by atoms with Gasteiger partial charge in [-0.25, -0.2) is 4.79 Å². The fourth-order valence-corrected chi connectivity index (χ4v) is 3.76. The largest absolute Gasteiger partial charge is 0.465 e. The van der Waals surface area contributed by atoms with Gasteiger partial charge in [-0.1, -0.05) is 24.3 Å². The van der Waals surface area contributed by atoms with Crippen molar-refractivity contribution < 1.29 is 27.5 Å². The quantitative estimate of drug-likeness (QED) is 0.688. The zero-order valence-electron chi connectivity index (χ0n) is 17.4. The molecule has 0 spiro atoms. The number of esters is 1. The van der Waals surface area contributed by atoms with Crippen molar-refractivity contribution in [3.8, 4) is 0 Å². The van der Waals surface area contributed by atoms with E-state index in [2.05, 4.69) is 10.1 Å². The maximum Gasteiger partial charge on any atom is 0.416 e. The molecule has 2 aromatic carbocycles. The number of alkyl halides is 3. The van der Waals surface area contributed by atoms with Gasteiger partial charge in [0.25, 0.3) is 0 Å². The Kier molecular flexibility index (Phi) is 7.00. The van der Waals surface area contributed by atoms with Crippen LogP contribution in [0.4, 0.5) is 13.2 Å². The average Bonchev–Trinajstić information content (AvgIpc) is 3.21. The highest BCUT2D eigenvalue weighted by atomic mass is 19.4. The third-order valence-electron chi connectivity index (χ3n) is 5.52. The predicted molar refractivity (Wildman–Crippen MR) is 109 cm³/mol. The molecule has 1 aliphatic heterocycles. The van der Waals surface area contributed by atoms with Crippen molar-refractivity contribution in [1.29, 1.82) is 0 Å². The molecule has 2 atom stereocenters. The molecule has 8 heteroatoms. The number of carbonyl (C=O) groups excluding carboxylic acids is 2. The summed E-state index contributed by atoms with van der Waals surface area (Å²) < 4.78 is 42.9. The number of rotatable bonds is 6. The van der Waals surface area contributed by atoms with Crippen molar-refractivity contribution in [3.63, 3.8) is 0 Å². The second kappa shape index (κ2) is 9.51. The Morgan fingerprint density at radius 2 is 1.77 bits per heavy atom. The molecule has 5 nitrogen and oxygen atoms in total. The average molecular weight is 434 g/mol. The molecule has 1 fully saturated rings. The van der Waals surface area contributed by atoms with Crippen molar-refractivity contribution in [1.82, 2.24) is 10.2 Å². The second-order valence-corrected chi connectivity index (χ2v) is 7.67. The Morgan fingerprint density at radius 3 is 2.35 bits per heavy atom. The van der Waals surface area contributed by atoms with E-state index in [1.54, 1.807) is 24.3 Å². The van der Waals surface area contributed by atoms with Crippen LogP contribution in [0, 0.1) is 0 Å². The number of carbonyl (C=O) groups is 2. The maximum atomic E-state index is 12.9. The number of hydrogen-bond acceptors (Lipinski definition) is 4. The molecule has 1 aliphatic rings. The van der Waals surface area contributed by atoms with Gasteiger partial charge in [0.2, 0.25) is 5.91 Å². The molecule has 1 N–H and O–H groups in total. The molecular formula is C23H25F3N2O3.